The molecule has 2 aliphatic rings. The second-order valence-corrected chi connectivity index (χ2v) is 4.83. The van der Waals surface area contributed by atoms with Crippen LogP contribution in [-0.4, -0.2) is 50.8 Å². The van der Waals surface area contributed by atoms with Crippen LogP contribution in [-0.2, 0) is 9.59 Å². The van der Waals surface area contributed by atoms with Gasteiger partial charge in [-0.15, -0.1) is 0 Å². The zero-order valence-electron chi connectivity index (χ0n) is 7.67. The molecule has 0 aromatic rings. The molecular weight excluding hydrogens is 234 g/mol. The standard InChI is InChI=1S/C8H7N3O2S2/c9-1-5-2-10(5)6(12)3-11-7(13)4-15-8(11)14/h5H,2-4H2. The van der Waals surface area contributed by atoms with Gasteiger partial charge in [0.25, 0.3) is 0 Å². The molecule has 0 aromatic carbocycles. The van der Waals surface area contributed by atoms with E-state index in [4.69, 9.17) is 17.5 Å². The van der Waals surface area contributed by atoms with Gasteiger partial charge in [0.2, 0.25) is 11.8 Å². The molecule has 2 fully saturated rings. The van der Waals surface area contributed by atoms with Gasteiger partial charge in [-0.3, -0.25) is 14.5 Å². The van der Waals surface area contributed by atoms with E-state index in [0.29, 0.717) is 16.6 Å². The lowest BCUT2D eigenvalue weighted by Gasteiger charge is -2.13. The molecule has 7 heteroatoms. The lowest BCUT2D eigenvalue weighted by Crippen LogP contribution is -2.36. The van der Waals surface area contributed by atoms with E-state index >= 15 is 0 Å². The molecule has 2 rings (SSSR count). The van der Waals surface area contributed by atoms with Crippen molar-refractivity contribution in [1.29, 1.82) is 5.26 Å². The van der Waals surface area contributed by atoms with E-state index < -0.39 is 0 Å². The summed E-state index contributed by atoms with van der Waals surface area (Å²) >= 11 is 6.20. The lowest BCUT2D eigenvalue weighted by atomic mass is 10.5. The number of amides is 2. The molecule has 78 valence electrons. The van der Waals surface area contributed by atoms with Crippen LogP contribution in [0, 0.1) is 11.3 Å². The Morgan fingerprint density at radius 2 is 2.47 bits per heavy atom. The molecule has 2 heterocycles. The molecular formula is C8H7N3O2S2. The van der Waals surface area contributed by atoms with Gasteiger partial charge >= 0.3 is 0 Å². The largest absolute Gasteiger partial charge is 0.320 e. The number of thioether (sulfide) groups is 1. The summed E-state index contributed by atoms with van der Waals surface area (Å²) in [5.41, 5.74) is 0. The third kappa shape index (κ3) is 1.96. The van der Waals surface area contributed by atoms with Crippen LogP contribution in [0.15, 0.2) is 0 Å². The van der Waals surface area contributed by atoms with Crippen molar-refractivity contribution >= 4 is 40.1 Å². The number of nitrogens with zero attached hydrogens (tertiary/aromatic N) is 3. The van der Waals surface area contributed by atoms with Crippen molar-refractivity contribution in [1.82, 2.24) is 9.80 Å². The summed E-state index contributed by atoms with van der Waals surface area (Å²) in [6.45, 7) is 0.445. The topological polar surface area (TPSA) is 64.2 Å². The highest BCUT2D eigenvalue weighted by Crippen LogP contribution is 2.21. The molecule has 1 unspecified atom stereocenters. The zero-order chi connectivity index (χ0) is 11.0. The molecule has 0 spiro atoms. The first kappa shape index (κ1) is 10.4. The van der Waals surface area contributed by atoms with E-state index in [1.165, 1.54) is 21.6 Å². The number of carbonyl (C=O) groups is 2. The predicted molar refractivity (Wildman–Crippen MR) is 57.9 cm³/mol. The normalized spacial score (nSPS) is 24.3. The first-order valence-corrected chi connectivity index (χ1v) is 5.69. The van der Waals surface area contributed by atoms with Gasteiger partial charge in [0.05, 0.1) is 18.4 Å². The zero-order valence-corrected chi connectivity index (χ0v) is 9.31. The summed E-state index contributed by atoms with van der Waals surface area (Å²) in [7, 11) is 0. The van der Waals surface area contributed by atoms with Crippen LogP contribution in [0.25, 0.3) is 0 Å². The number of thiocarbonyl (C=S) groups is 1. The molecule has 0 bridgehead atoms. The summed E-state index contributed by atoms with van der Waals surface area (Å²) < 4.78 is 0.448. The summed E-state index contributed by atoms with van der Waals surface area (Å²) in [5.74, 6) is -0.0261. The molecule has 0 radical (unpaired) electrons. The van der Waals surface area contributed by atoms with Gasteiger partial charge < -0.3 is 4.90 Å². The number of rotatable bonds is 2. The Bertz CT molecular complexity index is 374. The average molecular weight is 241 g/mol. The van der Waals surface area contributed by atoms with Crippen molar-refractivity contribution in [3.63, 3.8) is 0 Å². The van der Waals surface area contributed by atoms with Gasteiger partial charge in [0.1, 0.15) is 16.9 Å². The number of hydrogen-bond donors (Lipinski definition) is 0. The van der Waals surface area contributed by atoms with Crippen molar-refractivity contribution in [2.75, 3.05) is 18.8 Å². The number of nitriles is 1. The first-order chi connectivity index (χ1) is 7.13. The molecule has 0 saturated carbocycles. The Morgan fingerprint density at radius 3 is 2.93 bits per heavy atom. The van der Waals surface area contributed by atoms with Crippen LogP contribution in [0.2, 0.25) is 0 Å². The number of hydrogen-bond acceptors (Lipinski definition) is 5. The van der Waals surface area contributed by atoms with Gasteiger partial charge in [-0.05, 0) is 0 Å². The van der Waals surface area contributed by atoms with Crippen molar-refractivity contribution < 1.29 is 9.59 Å². The minimum atomic E-state index is -0.309. The molecule has 2 aliphatic heterocycles. The van der Waals surface area contributed by atoms with Gasteiger partial charge in [-0.2, -0.15) is 5.26 Å². The summed E-state index contributed by atoms with van der Waals surface area (Å²) in [6.07, 6.45) is 0. The second kappa shape index (κ2) is 3.79. The van der Waals surface area contributed by atoms with Crippen molar-refractivity contribution in [3.8, 4) is 6.07 Å². The highest BCUT2D eigenvalue weighted by Gasteiger charge is 2.40. The van der Waals surface area contributed by atoms with E-state index in [9.17, 15) is 9.59 Å². The Hall–Kier alpha value is -1.13. The molecule has 2 saturated heterocycles. The maximum atomic E-state index is 11.5. The number of carbonyl (C=O) groups excluding carboxylic acids is 2. The highest BCUT2D eigenvalue weighted by molar-refractivity contribution is 8.23. The van der Waals surface area contributed by atoms with Crippen molar-refractivity contribution in [3.05, 3.63) is 0 Å². The van der Waals surface area contributed by atoms with E-state index in [0.717, 1.165) is 0 Å². The monoisotopic (exact) mass is 241 g/mol. The van der Waals surface area contributed by atoms with E-state index in [1.54, 1.807) is 0 Å². The lowest BCUT2D eigenvalue weighted by molar-refractivity contribution is -0.132. The van der Waals surface area contributed by atoms with E-state index in [2.05, 4.69) is 0 Å². The minimum Gasteiger partial charge on any atom is -0.320 e. The summed E-state index contributed by atoms with van der Waals surface area (Å²) in [6, 6.07) is 1.67. The van der Waals surface area contributed by atoms with Crippen LogP contribution in [0.3, 0.4) is 0 Å². The first-order valence-electron chi connectivity index (χ1n) is 4.29. The molecule has 0 aromatic heterocycles. The van der Waals surface area contributed by atoms with Gasteiger partial charge in [0, 0.05) is 0 Å². The predicted octanol–water partition coefficient (Wildman–Crippen LogP) is -0.419. The van der Waals surface area contributed by atoms with Crippen molar-refractivity contribution in [2.45, 2.75) is 6.04 Å². The SMILES string of the molecule is N#CC1CN1C(=O)CN1C(=O)CSC1=S. The maximum absolute atomic E-state index is 11.5. The van der Waals surface area contributed by atoms with Crippen LogP contribution in [0.1, 0.15) is 0 Å². The Morgan fingerprint density at radius 1 is 1.73 bits per heavy atom. The third-order valence-electron chi connectivity index (χ3n) is 2.22. The summed E-state index contributed by atoms with van der Waals surface area (Å²) in [4.78, 5) is 25.6. The quantitative estimate of drug-likeness (QED) is 0.485. The molecule has 0 N–H and O–H groups in total. The van der Waals surface area contributed by atoms with E-state index in [-0.39, 0.29) is 24.4 Å². The van der Waals surface area contributed by atoms with Crippen LogP contribution < -0.4 is 0 Å². The Kier molecular flexibility index (Phi) is 2.63. The van der Waals surface area contributed by atoms with Gasteiger partial charge in [-0.25, -0.2) is 0 Å². The fraction of sp³-hybridized carbons (Fsp3) is 0.500. The fourth-order valence-corrected chi connectivity index (χ4v) is 2.35. The third-order valence-corrected chi connectivity index (χ3v) is 3.65. The fourth-order valence-electron chi connectivity index (χ4n) is 1.29. The van der Waals surface area contributed by atoms with E-state index in [1.807, 2.05) is 6.07 Å². The second-order valence-electron chi connectivity index (χ2n) is 3.23. The van der Waals surface area contributed by atoms with Crippen molar-refractivity contribution in [2.24, 2.45) is 0 Å². The molecule has 2 amide bonds. The average Bonchev–Trinajstić information content (AvgIpc) is 2.95. The molecule has 0 aliphatic carbocycles. The van der Waals surface area contributed by atoms with Gasteiger partial charge in [-0.1, -0.05) is 24.0 Å². The van der Waals surface area contributed by atoms with Crippen LogP contribution >= 0.6 is 24.0 Å². The van der Waals surface area contributed by atoms with Crippen LogP contribution in [0.5, 0.6) is 0 Å². The highest BCUT2D eigenvalue weighted by atomic mass is 32.2. The maximum Gasteiger partial charge on any atom is 0.243 e. The Labute approximate surface area is 96.0 Å². The molecule has 1 atom stereocenters. The Balaban J connectivity index is 1.93. The molecule has 5 nitrogen and oxygen atoms in total. The summed E-state index contributed by atoms with van der Waals surface area (Å²) in [5, 5.41) is 8.54. The smallest absolute Gasteiger partial charge is 0.243 e. The van der Waals surface area contributed by atoms with Crippen LogP contribution in [0.4, 0.5) is 0 Å². The minimum absolute atomic E-state index is 0.0250. The molecule has 15 heavy (non-hydrogen) atoms. The van der Waals surface area contributed by atoms with Gasteiger partial charge in [0.15, 0.2) is 0 Å².